The highest BCUT2D eigenvalue weighted by molar-refractivity contribution is 5.86. The largest absolute Gasteiger partial charge is 0.384 e. The molecule has 0 fully saturated rings. The Kier molecular flexibility index (Phi) is 3.67. The molecule has 0 spiro atoms. The molecule has 3 nitrogen and oxygen atoms in total. The summed E-state index contributed by atoms with van der Waals surface area (Å²) in [6.07, 6.45) is 0.0741. The number of benzene rings is 2. The van der Waals surface area contributed by atoms with Crippen molar-refractivity contribution in [3.63, 3.8) is 0 Å². The van der Waals surface area contributed by atoms with Gasteiger partial charge in [-0.05, 0) is 35.7 Å². The number of hydrogen-bond acceptors (Lipinski definition) is 3. The minimum Gasteiger partial charge on any atom is -0.384 e. The first kappa shape index (κ1) is 13.7. The number of hydrogen-bond donors (Lipinski definition) is 1. The fourth-order valence-corrected chi connectivity index (χ4v) is 2.70. The van der Waals surface area contributed by atoms with Gasteiger partial charge in [0.15, 0.2) is 0 Å². The normalized spacial score (nSPS) is 12.5. The molecule has 0 aliphatic carbocycles. The second kappa shape index (κ2) is 5.62. The van der Waals surface area contributed by atoms with E-state index in [1.54, 1.807) is 0 Å². The number of aromatic nitrogens is 2. The number of aryl methyl sites for hydroxylation is 2. The topological polar surface area (TPSA) is 46.0 Å². The van der Waals surface area contributed by atoms with Crippen LogP contribution in [0.25, 0.3) is 10.8 Å². The third kappa shape index (κ3) is 2.52. The lowest BCUT2D eigenvalue weighted by molar-refractivity contribution is 0.219. The molecule has 0 aliphatic heterocycles. The standard InChI is InChI=1S/C18H18N2O/c1-3-17-16(11-12(2)19-20-17)18(21)15-10-6-8-13-7-4-5-9-14(13)15/h4-11,18,21H,3H2,1-2H3. The molecule has 1 atom stereocenters. The maximum absolute atomic E-state index is 10.9. The van der Waals surface area contributed by atoms with E-state index in [2.05, 4.69) is 22.3 Å². The molecule has 106 valence electrons. The van der Waals surface area contributed by atoms with Gasteiger partial charge in [0.25, 0.3) is 0 Å². The molecule has 0 saturated heterocycles. The summed E-state index contributed by atoms with van der Waals surface area (Å²) < 4.78 is 0. The van der Waals surface area contributed by atoms with Crippen molar-refractivity contribution in [3.05, 3.63) is 71.0 Å². The van der Waals surface area contributed by atoms with Crippen LogP contribution in [-0.2, 0) is 6.42 Å². The number of aliphatic hydroxyl groups is 1. The average Bonchev–Trinajstić information content (AvgIpc) is 2.53. The predicted octanol–water partition coefficient (Wildman–Crippen LogP) is 3.58. The smallest absolute Gasteiger partial charge is 0.107 e. The van der Waals surface area contributed by atoms with Gasteiger partial charge in [-0.15, -0.1) is 0 Å². The molecule has 21 heavy (non-hydrogen) atoms. The Morgan fingerprint density at radius 2 is 1.76 bits per heavy atom. The summed E-state index contributed by atoms with van der Waals surface area (Å²) in [4.78, 5) is 0. The van der Waals surface area contributed by atoms with Crippen LogP contribution in [0, 0.1) is 6.92 Å². The predicted molar refractivity (Wildman–Crippen MR) is 84.2 cm³/mol. The average molecular weight is 278 g/mol. The van der Waals surface area contributed by atoms with Crippen LogP contribution < -0.4 is 0 Å². The van der Waals surface area contributed by atoms with E-state index >= 15 is 0 Å². The molecule has 0 aliphatic rings. The van der Waals surface area contributed by atoms with Gasteiger partial charge in [0.05, 0.1) is 11.4 Å². The Balaban J connectivity index is 2.17. The first-order chi connectivity index (χ1) is 10.2. The molecule has 0 radical (unpaired) electrons. The molecule has 3 heteroatoms. The van der Waals surface area contributed by atoms with E-state index in [1.807, 2.05) is 50.2 Å². The molecule has 3 aromatic rings. The number of aliphatic hydroxyl groups excluding tert-OH is 1. The Labute approximate surface area is 124 Å². The highest BCUT2D eigenvalue weighted by Gasteiger charge is 2.17. The summed E-state index contributed by atoms with van der Waals surface area (Å²) in [5, 5.41) is 21.4. The van der Waals surface area contributed by atoms with Crippen LogP contribution in [0.15, 0.2) is 48.5 Å². The minimum atomic E-state index is -0.680. The minimum absolute atomic E-state index is 0.680. The summed E-state index contributed by atoms with van der Waals surface area (Å²) in [5.74, 6) is 0. The summed E-state index contributed by atoms with van der Waals surface area (Å²) in [6.45, 7) is 3.92. The molecule has 3 rings (SSSR count). The Bertz CT molecular complexity index is 778. The second-order valence-corrected chi connectivity index (χ2v) is 5.21. The highest BCUT2D eigenvalue weighted by Crippen LogP contribution is 2.30. The molecular weight excluding hydrogens is 260 g/mol. The van der Waals surface area contributed by atoms with Gasteiger partial charge in [-0.2, -0.15) is 10.2 Å². The van der Waals surface area contributed by atoms with Crippen molar-refractivity contribution in [2.24, 2.45) is 0 Å². The van der Waals surface area contributed by atoms with E-state index in [9.17, 15) is 5.11 Å². The van der Waals surface area contributed by atoms with Crippen LogP contribution >= 0.6 is 0 Å². The van der Waals surface area contributed by atoms with Gasteiger partial charge in [0.1, 0.15) is 6.10 Å². The van der Waals surface area contributed by atoms with E-state index in [0.29, 0.717) is 0 Å². The fourth-order valence-electron chi connectivity index (χ4n) is 2.70. The van der Waals surface area contributed by atoms with Crippen molar-refractivity contribution in [1.82, 2.24) is 10.2 Å². The zero-order chi connectivity index (χ0) is 14.8. The summed E-state index contributed by atoms with van der Waals surface area (Å²) in [7, 11) is 0. The highest BCUT2D eigenvalue weighted by atomic mass is 16.3. The first-order valence-corrected chi connectivity index (χ1v) is 7.19. The molecule has 2 aromatic carbocycles. The Morgan fingerprint density at radius 3 is 2.57 bits per heavy atom. The number of nitrogens with zero attached hydrogens (tertiary/aromatic N) is 2. The lowest BCUT2D eigenvalue weighted by Crippen LogP contribution is -2.08. The molecule has 1 unspecified atom stereocenters. The van der Waals surface area contributed by atoms with Gasteiger partial charge < -0.3 is 5.11 Å². The van der Waals surface area contributed by atoms with Crippen LogP contribution in [0.1, 0.15) is 35.5 Å². The zero-order valence-corrected chi connectivity index (χ0v) is 12.2. The van der Waals surface area contributed by atoms with Gasteiger partial charge in [0, 0.05) is 5.56 Å². The Morgan fingerprint density at radius 1 is 1.00 bits per heavy atom. The first-order valence-electron chi connectivity index (χ1n) is 7.19. The molecule has 1 heterocycles. The van der Waals surface area contributed by atoms with Gasteiger partial charge in [0.2, 0.25) is 0 Å². The van der Waals surface area contributed by atoms with Crippen molar-refractivity contribution in [2.45, 2.75) is 26.4 Å². The maximum atomic E-state index is 10.9. The van der Waals surface area contributed by atoms with E-state index < -0.39 is 6.10 Å². The lowest BCUT2D eigenvalue weighted by atomic mass is 9.94. The third-order valence-corrected chi connectivity index (χ3v) is 3.77. The Hall–Kier alpha value is -2.26. The van der Waals surface area contributed by atoms with E-state index in [0.717, 1.165) is 39.7 Å². The molecule has 0 amide bonds. The zero-order valence-electron chi connectivity index (χ0n) is 12.2. The van der Waals surface area contributed by atoms with Gasteiger partial charge in [-0.1, -0.05) is 49.4 Å². The van der Waals surface area contributed by atoms with Crippen molar-refractivity contribution in [3.8, 4) is 0 Å². The van der Waals surface area contributed by atoms with E-state index in [4.69, 9.17) is 0 Å². The van der Waals surface area contributed by atoms with Crippen molar-refractivity contribution in [1.29, 1.82) is 0 Å². The number of fused-ring (bicyclic) bond motifs is 1. The lowest BCUT2D eigenvalue weighted by Gasteiger charge is -2.16. The van der Waals surface area contributed by atoms with Gasteiger partial charge in [-0.3, -0.25) is 0 Å². The summed E-state index contributed by atoms with van der Waals surface area (Å²) >= 11 is 0. The second-order valence-electron chi connectivity index (χ2n) is 5.21. The van der Waals surface area contributed by atoms with Crippen LogP contribution in [0.4, 0.5) is 0 Å². The van der Waals surface area contributed by atoms with Crippen LogP contribution in [0.3, 0.4) is 0 Å². The molecule has 1 aromatic heterocycles. The van der Waals surface area contributed by atoms with Gasteiger partial charge in [-0.25, -0.2) is 0 Å². The van der Waals surface area contributed by atoms with Crippen molar-refractivity contribution < 1.29 is 5.11 Å². The molecule has 0 bridgehead atoms. The van der Waals surface area contributed by atoms with E-state index in [-0.39, 0.29) is 0 Å². The van der Waals surface area contributed by atoms with Crippen LogP contribution in [0.5, 0.6) is 0 Å². The molecular formula is C18H18N2O. The number of rotatable bonds is 3. The summed E-state index contributed by atoms with van der Waals surface area (Å²) in [6, 6.07) is 16.0. The maximum Gasteiger partial charge on any atom is 0.107 e. The monoisotopic (exact) mass is 278 g/mol. The van der Waals surface area contributed by atoms with Crippen molar-refractivity contribution >= 4 is 10.8 Å². The molecule has 0 saturated carbocycles. The quantitative estimate of drug-likeness (QED) is 0.796. The van der Waals surface area contributed by atoms with Crippen molar-refractivity contribution in [2.75, 3.05) is 0 Å². The SMILES string of the molecule is CCc1nnc(C)cc1C(O)c1cccc2ccccc12. The van der Waals surface area contributed by atoms with E-state index in [1.165, 1.54) is 0 Å². The summed E-state index contributed by atoms with van der Waals surface area (Å²) in [5.41, 5.74) is 3.43. The van der Waals surface area contributed by atoms with Crippen LogP contribution in [0.2, 0.25) is 0 Å². The van der Waals surface area contributed by atoms with Crippen LogP contribution in [-0.4, -0.2) is 15.3 Å². The van der Waals surface area contributed by atoms with Gasteiger partial charge >= 0.3 is 0 Å². The molecule has 1 N–H and O–H groups in total. The fraction of sp³-hybridized carbons (Fsp3) is 0.222. The third-order valence-electron chi connectivity index (χ3n) is 3.77.